The number of carbonyl (C=O) groups excluding carboxylic acids is 1. The Morgan fingerprint density at radius 3 is 2.71 bits per heavy atom. The van der Waals surface area contributed by atoms with Crippen molar-refractivity contribution in [3.63, 3.8) is 0 Å². The van der Waals surface area contributed by atoms with Crippen LogP contribution >= 0.6 is 0 Å². The highest BCUT2D eigenvalue weighted by Gasteiger charge is 2.16. The standard InChI is InChI=1S/C16H18N2O3/c1-3-20-15-13(8-5-9-14(15)17)16(19)21-10-12-7-4-6-11(2)18-12/h4-9H,3,10,17H2,1-2H3. The monoisotopic (exact) mass is 286 g/mol. The van der Waals surface area contributed by atoms with Gasteiger partial charge in [0.25, 0.3) is 0 Å². The number of para-hydroxylation sites is 1. The van der Waals surface area contributed by atoms with Gasteiger partial charge in [-0.25, -0.2) is 4.79 Å². The summed E-state index contributed by atoms with van der Waals surface area (Å²) in [5.74, 6) is -0.115. The maximum Gasteiger partial charge on any atom is 0.342 e. The van der Waals surface area contributed by atoms with E-state index in [9.17, 15) is 4.79 Å². The summed E-state index contributed by atoms with van der Waals surface area (Å²) in [6, 6.07) is 10.6. The van der Waals surface area contributed by atoms with Crippen molar-refractivity contribution in [1.82, 2.24) is 4.98 Å². The van der Waals surface area contributed by atoms with Gasteiger partial charge in [0.2, 0.25) is 0 Å². The molecule has 0 saturated carbocycles. The number of esters is 1. The molecule has 2 rings (SSSR count). The first-order chi connectivity index (χ1) is 10.1. The van der Waals surface area contributed by atoms with Crippen LogP contribution in [0.15, 0.2) is 36.4 Å². The van der Waals surface area contributed by atoms with Gasteiger partial charge < -0.3 is 15.2 Å². The van der Waals surface area contributed by atoms with Crippen molar-refractivity contribution in [3.05, 3.63) is 53.3 Å². The Morgan fingerprint density at radius 2 is 2.00 bits per heavy atom. The fraction of sp³-hybridized carbons (Fsp3) is 0.250. The molecule has 0 saturated heterocycles. The van der Waals surface area contributed by atoms with Crippen LogP contribution < -0.4 is 10.5 Å². The number of nitrogen functional groups attached to an aromatic ring is 1. The van der Waals surface area contributed by atoms with Crippen LogP contribution in [0.4, 0.5) is 5.69 Å². The van der Waals surface area contributed by atoms with Crippen LogP contribution in [-0.2, 0) is 11.3 Å². The molecule has 0 aliphatic rings. The van der Waals surface area contributed by atoms with Gasteiger partial charge in [-0.2, -0.15) is 0 Å². The number of anilines is 1. The van der Waals surface area contributed by atoms with E-state index in [-0.39, 0.29) is 6.61 Å². The van der Waals surface area contributed by atoms with Gasteiger partial charge in [0, 0.05) is 5.69 Å². The first-order valence-corrected chi connectivity index (χ1v) is 6.72. The largest absolute Gasteiger partial charge is 0.491 e. The SMILES string of the molecule is CCOc1c(N)cccc1C(=O)OCc1cccc(C)n1. The number of ether oxygens (including phenoxy) is 2. The first kappa shape index (κ1) is 14.8. The van der Waals surface area contributed by atoms with Gasteiger partial charge >= 0.3 is 5.97 Å². The lowest BCUT2D eigenvalue weighted by atomic mass is 10.1. The predicted octanol–water partition coefficient (Wildman–Crippen LogP) is 2.73. The van der Waals surface area contributed by atoms with E-state index in [1.165, 1.54) is 0 Å². The van der Waals surface area contributed by atoms with Crippen LogP contribution in [0.3, 0.4) is 0 Å². The highest BCUT2D eigenvalue weighted by atomic mass is 16.5. The van der Waals surface area contributed by atoms with Crippen molar-refractivity contribution < 1.29 is 14.3 Å². The van der Waals surface area contributed by atoms with Gasteiger partial charge in [-0.3, -0.25) is 4.98 Å². The van der Waals surface area contributed by atoms with Crippen molar-refractivity contribution in [2.75, 3.05) is 12.3 Å². The van der Waals surface area contributed by atoms with E-state index in [1.54, 1.807) is 18.2 Å². The highest BCUT2D eigenvalue weighted by Crippen LogP contribution is 2.27. The predicted molar refractivity (Wildman–Crippen MR) is 80.1 cm³/mol. The zero-order valence-corrected chi connectivity index (χ0v) is 12.1. The molecule has 21 heavy (non-hydrogen) atoms. The number of nitrogens with two attached hydrogens (primary N) is 1. The smallest absolute Gasteiger partial charge is 0.342 e. The molecule has 0 bridgehead atoms. The lowest BCUT2D eigenvalue weighted by molar-refractivity contribution is 0.0463. The quantitative estimate of drug-likeness (QED) is 0.675. The molecule has 0 amide bonds. The lowest BCUT2D eigenvalue weighted by Crippen LogP contribution is -2.10. The van der Waals surface area contributed by atoms with E-state index in [0.29, 0.717) is 29.3 Å². The third-order valence-electron chi connectivity index (χ3n) is 2.85. The maximum atomic E-state index is 12.2. The number of benzene rings is 1. The number of nitrogens with zero attached hydrogens (tertiary/aromatic N) is 1. The molecule has 5 nitrogen and oxygen atoms in total. The number of hydrogen-bond donors (Lipinski definition) is 1. The molecular formula is C16H18N2O3. The van der Waals surface area contributed by atoms with Crippen molar-refractivity contribution in [3.8, 4) is 5.75 Å². The second-order valence-corrected chi connectivity index (χ2v) is 4.50. The summed E-state index contributed by atoms with van der Waals surface area (Å²) in [6.45, 7) is 4.25. The molecule has 0 aliphatic carbocycles. The third kappa shape index (κ3) is 3.72. The molecule has 0 spiro atoms. The number of pyridine rings is 1. The van der Waals surface area contributed by atoms with Crippen LogP contribution in [0.25, 0.3) is 0 Å². The van der Waals surface area contributed by atoms with E-state index >= 15 is 0 Å². The van der Waals surface area contributed by atoms with Gasteiger partial charge in [-0.1, -0.05) is 12.1 Å². The van der Waals surface area contributed by atoms with Crippen LogP contribution in [0.2, 0.25) is 0 Å². The first-order valence-electron chi connectivity index (χ1n) is 6.72. The fourth-order valence-corrected chi connectivity index (χ4v) is 1.92. The molecule has 1 aromatic heterocycles. The van der Waals surface area contributed by atoms with E-state index in [2.05, 4.69) is 4.98 Å². The minimum Gasteiger partial charge on any atom is -0.491 e. The van der Waals surface area contributed by atoms with Crippen LogP contribution in [0.1, 0.15) is 28.7 Å². The topological polar surface area (TPSA) is 74.4 Å². The molecule has 2 aromatic rings. The summed E-state index contributed by atoms with van der Waals surface area (Å²) < 4.78 is 10.7. The van der Waals surface area contributed by atoms with Crippen LogP contribution in [0, 0.1) is 6.92 Å². The molecule has 0 fully saturated rings. The van der Waals surface area contributed by atoms with E-state index in [0.717, 1.165) is 5.69 Å². The zero-order chi connectivity index (χ0) is 15.2. The van der Waals surface area contributed by atoms with Crippen molar-refractivity contribution >= 4 is 11.7 Å². The third-order valence-corrected chi connectivity index (χ3v) is 2.85. The fourth-order valence-electron chi connectivity index (χ4n) is 1.92. The summed E-state index contributed by atoms with van der Waals surface area (Å²) in [4.78, 5) is 16.4. The van der Waals surface area contributed by atoms with Gasteiger partial charge in [-0.05, 0) is 38.1 Å². The summed E-state index contributed by atoms with van der Waals surface area (Å²) in [5.41, 5.74) is 8.14. The maximum absolute atomic E-state index is 12.2. The second kappa shape index (κ2) is 6.74. The van der Waals surface area contributed by atoms with Gasteiger partial charge in [0.05, 0.1) is 18.0 Å². The van der Waals surface area contributed by atoms with E-state index in [1.807, 2.05) is 32.0 Å². The van der Waals surface area contributed by atoms with Crippen molar-refractivity contribution in [2.24, 2.45) is 0 Å². The van der Waals surface area contributed by atoms with Crippen LogP contribution in [0.5, 0.6) is 5.75 Å². The second-order valence-electron chi connectivity index (χ2n) is 4.50. The van der Waals surface area contributed by atoms with Crippen LogP contribution in [-0.4, -0.2) is 17.6 Å². The Hall–Kier alpha value is -2.56. The zero-order valence-electron chi connectivity index (χ0n) is 12.1. The Kier molecular flexibility index (Phi) is 4.77. The Labute approximate surface area is 123 Å². The summed E-state index contributed by atoms with van der Waals surface area (Å²) in [7, 11) is 0. The summed E-state index contributed by atoms with van der Waals surface area (Å²) in [5, 5.41) is 0. The summed E-state index contributed by atoms with van der Waals surface area (Å²) in [6.07, 6.45) is 0. The molecule has 110 valence electrons. The average Bonchev–Trinajstić information content (AvgIpc) is 2.47. The summed E-state index contributed by atoms with van der Waals surface area (Å²) >= 11 is 0. The van der Waals surface area contributed by atoms with Crippen molar-refractivity contribution in [2.45, 2.75) is 20.5 Å². The minimum absolute atomic E-state index is 0.112. The molecule has 1 aromatic carbocycles. The van der Waals surface area contributed by atoms with E-state index < -0.39 is 5.97 Å². The number of hydrogen-bond acceptors (Lipinski definition) is 5. The van der Waals surface area contributed by atoms with Gasteiger partial charge in [0.15, 0.2) is 5.75 Å². The van der Waals surface area contributed by atoms with Crippen molar-refractivity contribution in [1.29, 1.82) is 0 Å². The number of aromatic nitrogens is 1. The highest BCUT2D eigenvalue weighted by molar-refractivity contribution is 5.94. The molecule has 1 heterocycles. The van der Waals surface area contributed by atoms with E-state index in [4.69, 9.17) is 15.2 Å². The molecule has 2 N–H and O–H groups in total. The molecule has 0 aliphatic heterocycles. The Balaban J connectivity index is 2.12. The Bertz CT molecular complexity index is 641. The number of carbonyl (C=O) groups is 1. The average molecular weight is 286 g/mol. The number of aryl methyl sites for hydroxylation is 1. The van der Waals surface area contributed by atoms with Gasteiger partial charge in [0.1, 0.15) is 12.2 Å². The Morgan fingerprint density at radius 1 is 1.24 bits per heavy atom. The lowest BCUT2D eigenvalue weighted by Gasteiger charge is -2.12. The number of rotatable bonds is 5. The molecule has 0 atom stereocenters. The normalized spacial score (nSPS) is 10.2. The molecular weight excluding hydrogens is 268 g/mol. The van der Waals surface area contributed by atoms with Gasteiger partial charge in [-0.15, -0.1) is 0 Å². The minimum atomic E-state index is -0.478. The molecule has 0 radical (unpaired) electrons. The molecule has 0 unspecified atom stereocenters. The molecule has 5 heteroatoms.